The fourth-order valence-electron chi connectivity index (χ4n) is 2.29. The number of nitriles is 1. The summed E-state index contributed by atoms with van der Waals surface area (Å²) in [6.07, 6.45) is 7.36. The fraction of sp³-hybridized carbons (Fsp3) is 0.929. The van der Waals surface area contributed by atoms with Gasteiger partial charge in [-0.15, -0.1) is 0 Å². The van der Waals surface area contributed by atoms with Crippen molar-refractivity contribution in [1.29, 1.82) is 5.26 Å². The molecule has 0 amide bonds. The predicted molar refractivity (Wildman–Crippen MR) is 67.5 cm³/mol. The molecule has 2 fully saturated rings. The van der Waals surface area contributed by atoms with Gasteiger partial charge in [-0.25, -0.2) is 0 Å². The third-order valence-corrected chi connectivity index (χ3v) is 3.67. The lowest BCUT2D eigenvalue weighted by Crippen LogP contribution is -2.45. The summed E-state index contributed by atoms with van der Waals surface area (Å²) in [7, 11) is 0. The maximum Gasteiger partial charge on any atom is 0.106 e. The second kappa shape index (κ2) is 5.37. The van der Waals surface area contributed by atoms with Crippen LogP contribution in [0.15, 0.2) is 0 Å². The van der Waals surface area contributed by atoms with Gasteiger partial charge in [0.15, 0.2) is 0 Å². The summed E-state index contributed by atoms with van der Waals surface area (Å²) in [5.74, 6) is 0.925. The van der Waals surface area contributed by atoms with Crippen molar-refractivity contribution >= 4 is 0 Å². The second-order valence-electron chi connectivity index (χ2n) is 5.98. The van der Waals surface area contributed by atoms with Crippen LogP contribution in [-0.2, 0) is 4.74 Å². The highest BCUT2D eigenvalue weighted by molar-refractivity contribution is 5.07. The first kappa shape index (κ1) is 12.9. The number of ether oxygens (including phenoxy) is 1. The summed E-state index contributed by atoms with van der Waals surface area (Å²) < 4.78 is 5.80. The van der Waals surface area contributed by atoms with Crippen molar-refractivity contribution < 1.29 is 4.74 Å². The normalized spacial score (nSPS) is 25.0. The van der Waals surface area contributed by atoms with E-state index in [0.717, 1.165) is 18.9 Å². The lowest BCUT2D eigenvalue weighted by molar-refractivity contribution is 0.0438. The third-order valence-electron chi connectivity index (χ3n) is 3.67. The van der Waals surface area contributed by atoms with Gasteiger partial charge >= 0.3 is 0 Å². The van der Waals surface area contributed by atoms with E-state index in [4.69, 9.17) is 4.74 Å². The molecule has 2 atom stereocenters. The third kappa shape index (κ3) is 4.65. The minimum absolute atomic E-state index is 0.171. The van der Waals surface area contributed by atoms with Crippen LogP contribution in [0.25, 0.3) is 0 Å². The van der Waals surface area contributed by atoms with Crippen molar-refractivity contribution in [3.05, 3.63) is 0 Å². The summed E-state index contributed by atoms with van der Waals surface area (Å²) in [6, 6.07) is 2.97. The minimum Gasteiger partial charge on any atom is -0.378 e. The Labute approximate surface area is 105 Å². The van der Waals surface area contributed by atoms with Gasteiger partial charge in [0.2, 0.25) is 0 Å². The number of nitrogens with one attached hydrogen (secondary N) is 1. The van der Waals surface area contributed by atoms with E-state index in [1.165, 1.54) is 32.1 Å². The van der Waals surface area contributed by atoms with Gasteiger partial charge in [-0.05, 0) is 39.0 Å². The predicted octanol–water partition coefficient (Wildman–Crippen LogP) is 2.62. The zero-order valence-electron chi connectivity index (χ0n) is 11.0. The number of hydrogen-bond donors (Lipinski definition) is 1. The smallest absolute Gasteiger partial charge is 0.106 e. The molecule has 0 bridgehead atoms. The summed E-state index contributed by atoms with van der Waals surface area (Å²) in [6.45, 7) is 4.93. The largest absolute Gasteiger partial charge is 0.378 e. The van der Waals surface area contributed by atoms with Gasteiger partial charge in [-0.1, -0.05) is 12.8 Å². The first-order valence-corrected chi connectivity index (χ1v) is 6.92. The van der Waals surface area contributed by atoms with E-state index in [2.05, 4.69) is 18.3 Å². The maximum atomic E-state index is 9.27. The average Bonchev–Trinajstić information content (AvgIpc) is 3.12. The Bertz CT molecular complexity index is 291. The molecule has 3 heteroatoms. The van der Waals surface area contributed by atoms with Crippen molar-refractivity contribution in [1.82, 2.24) is 5.32 Å². The molecule has 2 unspecified atom stereocenters. The second-order valence-corrected chi connectivity index (χ2v) is 5.98. The molecule has 0 aromatic carbocycles. The molecule has 3 nitrogen and oxygen atoms in total. The monoisotopic (exact) mass is 236 g/mol. The van der Waals surface area contributed by atoms with E-state index in [1.54, 1.807) is 0 Å². The van der Waals surface area contributed by atoms with Crippen LogP contribution in [0, 0.1) is 17.2 Å². The quantitative estimate of drug-likeness (QED) is 0.704. The van der Waals surface area contributed by atoms with Crippen molar-refractivity contribution in [3.8, 4) is 6.07 Å². The number of rotatable bonds is 8. The Balaban J connectivity index is 1.66. The zero-order chi connectivity index (χ0) is 12.3. The Hall–Kier alpha value is -0.590. The zero-order valence-corrected chi connectivity index (χ0v) is 11.0. The molecule has 96 valence electrons. The molecular weight excluding hydrogens is 212 g/mol. The molecule has 0 radical (unpaired) electrons. The SMILES string of the molecule is CC(CC(C)(C#N)NC1CC1)OCCC1CC1. The molecule has 0 aliphatic heterocycles. The van der Waals surface area contributed by atoms with Crippen LogP contribution in [-0.4, -0.2) is 24.3 Å². The topological polar surface area (TPSA) is 45.0 Å². The molecule has 0 aromatic heterocycles. The lowest BCUT2D eigenvalue weighted by Gasteiger charge is -2.26. The number of nitrogens with zero attached hydrogens (tertiary/aromatic N) is 1. The molecule has 0 heterocycles. The van der Waals surface area contributed by atoms with Gasteiger partial charge in [0, 0.05) is 19.1 Å². The molecule has 2 rings (SSSR count). The van der Waals surface area contributed by atoms with Crippen LogP contribution < -0.4 is 5.32 Å². The van der Waals surface area contributed by atoms with Gasteiger partial charge < -0.3 is 4.74 Å². The molecule has 2 saturated carbocycles. The molecule has 0 spiro atoms. The fourth-order valence-corrected chi connectivity index (χ4v) is 2.29. The van der Waals surface area contributed by atoms with Gasteiger partial charge in [0.25, 0.3) is 0 Å². The van der Waals surface area contributed by atoms with E-state index in [0.29, 0.717) is 6.04 Å². The van der Waals surface area contributed by atoms with E-state index in [1.807, 2.05) is 6.92 Å². The molecule has 0 saturated heterocycles. The molecule has 1 N–H and O–H groups in total. The van der Waals surface area contributed by atoms with Crippen LogP contribution >= 0.6 is 0 Å². The summed E-state index contributed by atoms with van der Waals surface area (Å²) in [5, 5.41) is 12.7. The summed E-state index contributed by atoms with van der Waals surface area (Å²) in [4.78, 5) is 0. The van der Waals surface area contributed by atoms with E-state index < -0.39 is 5.54 Å². The van der Waals surface area contributed by atoms with E-state index in [-0.39, 0.29) is 6.10 Å². The highest BCUT2D eigenvalue weighted by Crippen LogP contribution is 2.32. The molecule has 0 aromatic rings. The van der Waals surface area contributed by atoms with Gasteiger partial charge in [-0.2, -0.15) is 5.26 Å². The van der Waals surface area contributed by atoms with Gasteiger partial charge in [0.1, 0.15) is 5.54 Å². The van der Waals surface area contributed by atoms with Crippen molar-refractivity contribution in [2.75, 3.05) is 6.61 Å². The van der Waals surface area contributed by atoms with E-state index in [9.17, 15) is 5.26 Å². The van der Waals surface area contributed by atoms with Gasteiger partial charge in [0.05, 0.1) is 12.2 Å². The standard InChI is InChI=1S/C14H24N2O/c1-11(17-8-7-12-3-4-12)9-14(2,10-15)16-13-5-6-13/h11-13,16H,3-9H2,1-2H3. The average molecular weight is 236 g/mol. The molecular formula is C14H24N2O. The van der Waals surface area contributed by atoms with Crippen LogP contribution in [0.1, 0.15) is 52.4 Å². The van der Waals surface area contributed by atoms with Crippen molar-refractivity contribution in [2.45, 2.75) is 70.1 Å². The minimum atomic E-state index is -0.417. The van der Waals surface area contributed by atoms with Crippen LogP contribution in [0.3, 0.4) is 0 Å². The highest BCUT2D eigenvalue weighted by Gasteiger charge is 2.33. The maximum absolute atomic E-state index is 9.27. The molecule has 17 heavy (non-hydrogen) atoms. The first-order chi connectivity index (χ1) is 8.11. The van der Waals surface area contributed by atoms with Gasteiger partial charge in [-0.3, -0.25) is 5.32 Å². The Morgan fingerprint density at radius 1 is 1.41 bits per heavy atom. The van der Waals surface area contributed by atoms with Crippen LogP contribution in [0.2, 0.25) is 0 Å². The van der Waals surface area contributed by atoms with Crippen LogP contribution in [0.4, 0.5) is 0 Å². The van der Waals surface area contributed by atoms with E-state index >= 15 is 0 Å². The van der Waals surface area contributed by atoms with Crippen molar-refractivity contribution in [3.63, 3.8) is 0 Å². The Morgan fingerprint density at radius 3 is 2.65 bits per heavy atom. The highest BCUT2D eigenvalue weighted by atomic mass is 16.5. The molecule has 2 aliphatic rings. The first-order valence-electron chi connectivity index (χ1n) is 6.92. The van der Waals surface area contributed by atoms with Crippen LogP contribution in [0.5, 0.6) is 0 Å². The Kier molecular flexibility index (Phi) is 4.06. The summed E-state index contributed by atoms with van der Waals surface area (Å²) >= 11 is 0. The lowest BCUT2D eigenvalue weighted by atomic mass is 9.96. The summed E-state index contributed by atoms with van der Waals surface area (Å²) in [5.41, 5.74) is -0.417. The Morgan fingerprint density at radius 2 is 2.12 bits per heavy atom. The van der Waals surface area contributed by atoms with Crippen molar-refractivity contribution in [2.24, 2.45) is 5.92 Å². The number of hydrogen-bond acceptors (Lipinski definition) is 3. The molecule has 2 aliphatic carbocycles.